The second-order valence-electron chi connectivity index (χ2n) is 6.13. The van der Waals surface area contributed by atoms with Crippen LogP contribution in [0.1, 0.15) is 31.4 Å². The minimum atomic E-state index is -0.298. The number of hydrogen-bond acceptors (Lipinski definition) is 4. The molecule has 6 nitrogen and oxygen atoms in total. The highest BCUT2D eigenvalue weighted by Crippen LogP contribution is 2.20. The van der Waals surface area contributed by atoms with E-state index in [0.29, 0.717) is 13.1 Å². The number of nitrogens with zero attached hydrogens (tertiary/aromatic N) is 2. The number of nitrogens with one attached hydrogen (secondary N) is 1. The third-order valence-electron chi connectivity index (χ3n) is 4.58. The van der Waals surface area contributed by atoms with Gasteiger partial charge in [-0.2, -0.15) is 0 Å². The van der Waals surface area contributed by atoms with Crippen molar-refractivity contribution in [1.29, 1.82) is 0 Å². The predicted octanol–water partition coefficient (Wildman–Crippen LogP) is 2.03. The molecule has 0 unspecified atom stereocenters. The van der Waals surface area contributed by atoms with Crippen LogP contribution in [0.25, 0.3) is 0 Å². The van der Waals surface area contributed by atoms with Crippen LogP contribution in [0.3, 0.4) is 0 Å². The molecule has 1 aliphatic heterocycles. The number of ether oxygens (including phenoxy) is 1. The van der Waals surface area contributed by atoms with Crippen LogP contribution >= 0.6 is 0 Å². The molecule has 0 spiro atoms. The number of benzene rings is 1. The highest BCUT2D eigenvalue weighted by atomic mass is 16.5. The minimum absolute atomic E-state index is 0.0158. The Morgan fingerprint density at radius 2 is 1.92 bits per heavy atom. The van der Waals surface area contributed by atoms with E-state index in [4.69, 9.17) is 4.74 Å². The fourth-order valence-electron chi connectivity index (χ4n) is 3.04. The number of carbonyl (C=O) groups is 2. The normalized spacial score (nSPS) is 16.8. The van der Waals surface area contributed by atoms with E-state index in [-0.39, 0.29) is 24.1 Å². The maximum absolute atomic E-state index is 12.8. The molecule has 1 aliphatic rings. The van der Waals surface area contributed by atoms with Crippen LogP contribution in [0, 0.1) is 0 Å². The summed E-state index contributed by atoms with van der Waals surface area (Å²) in [5, 5.41) is 3.15. The molecule has 1 heterocycles. The van der Waals surface area contributed by atoms with Gasteiger partial charge >= 0.3 is 6.09 Å². The molecule has 1 N–H and O–H groups in total. The quantitative estimate of drug-likeness (QED) is 0.895. The van der Waals surface area contributed by atoms with Crippen molar-refractivity contribution in [2.75, 3.05) is 33.8 Å². The van der Waals surface area contributed by atoms with E-state index in [9.17, 15) is 9.59 Å². The van der Waals surface area contributed by atoms with Crippen molar-refractivity contribution in [2.24, 2.45) is 0 Å². The molecular weight excluding hydrogens is 306 g/mol. The zero-order valence-electron chi connectivity index (χ0n) is 14.7. The van der Waals surface area contributed by atoms with Gasteiger partial charge in [0.25, 0.3) is 0 Å². The molecule has 0 radical (unpaired) electrons. The molecule has 0 saturated carbocycles. The SMILES string of the molecule is CCN(C)[C@H](C(=O)NC1CCN(C(=O)OC)CC1)c1ccccc1. The molecule has 132 valence electrons. The number of likely N-dealkylation sites (N-methyl/N-ethyl adjacent to an activating group) is 1. The van der Waals surface area contributed by atoms with E-state index in [1.807, 2.05) is 49.2 Å². The molecule has 0 aliphatic carbocycles. The van der Waals surface area contributed by atoms with Crippen molar-refractivity contribution in [3.63, 3.8) is 0 Å². The van der Waals surface area contributed by atoms with Crippen LogP contribution in [-0.2, 0) is 9.53 Å². The van der Waals surface area contributed by atoms with Crippen molar-refractivity contribution >= 4 is 12.0 Å². The molecule has 2 rings (SSSR count). The predicted molar refractivity (Wildman–Crippen MR) is 92.6 cm³/mol. The Balaban J connectivity index is 1.98. The summed E-state index contributed by atoms with van der Waals surface area (Å²) in [7, 11) is 3.35. The first-order valence-electron chi connectivity index (χ1n) is 8.45. The molecule has 2 amide bonds. The lowest BCUT2D eigenvalue weighted by molar-refractivity contribution is -0.127. The highest BCUT2D eigenvalue weighted by molar-refractivity contribution is 5.83. The third kappa shape index (κ3) is 4.47. The van der Waals surface area contributed by atoms with Crippen molar-refractivity contribution in [3.8, 4) is 0 Å². The summed E-state index contributed by atoms with van der Waals surface area (Å²) in [6.07, 6.45) is 1.20. The lowest BCUT2D eigenvalue weighted by atomic mass is 10.0. The van der Waals surface area contributed by atoms with E-state index in [1.165, 1.54) is 7.11 Å². The number of likely N-dealkylation sites (tertiary alicyclic amines) is 1. The lowest BCUT2D eigenvalue weighted by Crippen LogP contribution is -2.49. The number of amides is 2. The molecule has 1 atom stereocenters. The number of rotatable bonds is 5. The van der Waals surface area contributed by atoms with Gasteiger partial charge in [0, 0.05) is 19.1 Å². The number of hydrogen-bond donors (Lipinski definition) is 1. The smallest absolute Gasteiger partial charge is 0.409 e. The Morgan fingerprint density at radius 3 is 2.46 bits per heavy atom. The summed E-state index contributed by atoms with van der Waals surface area (Å²) < 4.78 is 4.74. The van der Waals surface area contributed by atoms with Crippen LogP contribution < -0.4 is 5.32 Å². The molecule has 6 heteroatoms. The molecule has 0 aromatic heterocycles. The summed E-state index contributed by atoms with van der Waals surface area (Å²) in [5.74, 6) is 0.0158. The summed E-state index contributed by atoms with van der Waals surface area (Å²) in [4.78, 5) is 28.1. The van der Waals surface area contributed by atoms with Gasteiger partial charge in [0.15, 0.2) is 0 Å². The first kappa shape index (κ1) is 18.3. The Kier molecular flexibility index (Phi) is 6.61. The maximum Gasteiger partial charge on any atom is 0.409 e. The van der Waals surface area contributed by atoms with Crippen molar-refractivity contribution in [2.45, 2.75) is 31.8 Å². The maximum atomic E-state index is 12.8. The average Bonchev–Trinajstić information content (AvgIpc) is 2.62. The Hall–Kier alpha value is -2.08. The van der Waals surface area contributed by atoms with Crippen LogP contribution in [-0.4, -0.2) is 61.6 Å². The summed E-state index contributed by atoms with van der Waals surface area (Å²) in [6, 6.07) is 9.62. The highest BCUT2D eigenvalue weighted by Gasteiger charge is 2.29. The second kappa shape index (κ2) is 8.68. The fraction of sp³-hybridized carbons (Fsp3) is 0.556. The van der Waals surface area contributed by atoms with E-state index in [1.54, 1.807) is 4.90 Å². The van der Waals surface area contributed by atoms with Gasteiger partial charge in [-0.3, -0.25) is 9.69 Å². The van der Waals surface area contributed by atoms with Gasteiger partial charge < -0.3 is 15.0 Å². The van der Waals surface area contributed by atoms with Crippen LogP contribution in [0.4, 0.5) is 4.79 Å². The fourth-order valence-corrected chi connectivity index (χ4v) is 3.04. The van der Waals surface area contributed by atoms with Gasteiger partial charge in [0.2, 0.25) is 5.91 Å². The van der Waals surface area contributed by atoms with E-state index >= 15 is 0 Å². The molecule has 1 aromatic carbocycles. The van der Waals surface area contributed by atoms with Gasteiger partial charge in [0.05, 0.1) is 7.11 Å². The molecule has 24 heavy (non-hydrogen) atoms. The number of methoxy groups -OCH3 is 1. The molecular formula is C18H27N3O3. The van der Waals surface area contributed by atoms with E-state index < -0.39 is 0 Å². The summed E-state index contributed by atoms with van der Waals surface area (Å²) in [5.41, 5.74) is 0.992. The average molecular weight is 333 g/mol. The Bertz CT molecular complexity index is 542. The second-order valence-corrected chi connectivity index (χ2v) is 6.13. The first-order chi connectivity index (χ1) is 11.6. The zero-order valence-corrected chi connectivity index (χ0v) is 14.7. The first-order valence-corrected chi connectivity index (χ1v) is 8.45. The molecule has 1 fully saturated rings. The lowest BCUT2D eigenvalue weighted by Gasteiger charge is -2.33. The van der Waals surface area contributed by atoms with Gasteiger partial charge in [-0.15, -0.1) is 0 Å². The van der Waals surface area contributed by atoms with Gasteiger partial charge in [0.1, 0.15) is 6.04 Å². The van der Waals surface area contributed by atoms with Crippen LogP contribution in [0.15, 0.2) is 30.3 Å². The van der Waals surface area contributed by atoms with Gasteiger partial charge in [-0.1, -0.05) is 37.3 Å². The van der Waals surface area contributed by atoms with Crippen molar-refractivity contribution in [3.05, 3.63) is 35.9 Å². The summed E-state index contributed by atoms with van der Waals surface area (Å²) in [6.45, 7) is 4.04. The molecule has 1 saturated heterocycles. The number of piperidine rings is 1. The Morgan fingerprint density at radius 1 is 1.29 bits per heavy atom. The Labute approximate surface area is 143 Å². The standard InChI is InChI=1S/C18H27N3O3/c1-4-20(2)16(14-8-6-5-7-9-14)17(22)19-15-10-12-21(13-11-15)18(23)24-3/h5-9,15-16H,4,10-13H2,1-3H3,(H,19,22)/t16-/m0/s1. The van der Waals surface area contributed by atoms with Gasteiger partial charge in [-0.25, -0.2) is 4.79 Å². The minimum Gasteiger partial charge on any atom is -0.453 e. The molecule has 0 bridgehead atoms. The molecule has 1 aromatic rings. The topological polar surface area (TPSA) is 61.9 Å². The van der Waals surface area contributed by atoms with E-state index in [0.717, 1.165) is 24.9 Å². The van der Waals surface area contributed by atoms with Crippen LogP contribution in [0.5, 0.6) is 0 Å². The van der Waals surface area contributed by atoms with Crippen LogP contribution in [0.2, 0.25) is 0 Å². The summed E-state index contributed by atoms with van der Waals surface area (Å²) >= 11 is 0. The van der Waals surface area contributed by atoms with Crippen molar-refractivity contribution < 1.29 is 14.3 Å². The van der Waals surface area contributed by atoms with Crippen molar-refractivity contribution in [1.82, 2.24) is 15.1 Å². The van der Waals surface area contributed by atoms with Gasteiger partial charge in [-0.05, 0) is 32.0 Å². The largest absolute Gasteiger partial charge is 0.453 e. The van der Waals surface area contributed by atoms with E-state index in [2.05, 4.69) is 5.32 Å². The zero-order chi connectivity index (χ0) is 17.5. The monoisotopic (exact) mass is 333 g/mol. The number of carbonyl (C=O) groups excluding carboxylic acids is 2. The third-order valence-corrected chi connectivity index (χ3v) is 4.58.